The van der Waals surface area contributed by atoms with Crippen LogP contribution < -0.4 is 5.32 Å². The molecule has 0 spiro atoms. The molecule has 1 aromatic heterocycles. The first-order valence-corrected chi connectivity index (χ1v) is 8.82. The number of hydrogen-bond acceptors (Lipinski definition) is 4. The number of benzene rings is 1. The first kappa shape index (κ1) is 19.6. The van der Waals surface area contributed by atoms with Gasteiger partial charge in [-0.1, -0.05) is 36.6 Å². The van der Waals surface area contributed by atoms with Crippen molar-refractivity contribution in [3.05, 3.63) is 46.9 Å². The first-order valence-electron chi connectivity index (χ1n) is 8.45. The summed E-state index contributed by atoms with van der Waals surface area (Å²) < 4.78 is 39.9. The number of halogens is 4. The summed E-state index contributed by atoms with van der Waals surface area (Å²) in [6.45, 7) is 0. The Morgan fingerprint density at radius 1 is 1.26 bits per heavy atom. The van der Waals surface area contributed by atoms with Gasteiger partial charge in [-0.15, -0.1) is 0 Å². The van der Waals surface area contributed by atoms with Crippen LogP contribution in [0.4, 0.5) is 13.2 Å². The van der Waals surface area contributed by atoms with Crippen LogP contribution in [-0.4, -0.2) is 33.1 Å². The number of aliphatic hydroxyl groups is 1. The number of nitrogens with one attached hydrogen (secondary N) is 1. The highest BCUT2D eigenvalue weighted by molar-refractivity contribution is 6.30. The predicted molar refractivity (Wildman–Crippen MR) is 93.2 cm³/mol. The normalized spacial score (nSPS) is 20.3. The zero-order valence-corrected chi connectivity index (χ0v) is 14.9. The van der Waals surface area contributed by atoms with Gasteiger partial charge in [0, 0.05) is 10.6 Å². The molecule has 0 aliphatic heterocycles. The highest BCUT2D eigenvalue weighted by Crippen LogP contribution is 2.31. The molecular formula is C18H17ClF3N3O2. The van der Waals surface area contributed by atoms with Gasteiger partial charge in [0.15, 0.2) is 11.4 Å². The van der Waals surface area contributed by atoms with E-state index in [9.17, 15) is 23.1 Å². The van der Waals surface area contributed by atoms with Gasteiger partial charge in [-0.05, 0) is 25.0 Å². The number of hydrogen-bond donors (Lipinski definition) is 2. The van der Waals surface area contributed by atoms with Crippen molar-refractivity contribution < 1.29 is 23.1 Å². The van der Waals surface area contributed by atoms with E-state index in [1.165, 1.54) is 6.07 Å². The van der Waals surface area contributed by atoms with E-state index >= 15 is 0 Å². The summed E-state index contributed by atoms with van der Waals surface area (Å²) in [4.78, 5) is 19.9. The highest BCUT2D eigenvalue weighted by Gasteiger charge is 2.39. The molecule has 144 valence electrons. The minimum atomic E-state index is -4.84. The largest absolute Gasteiger partial charge is 0.435 e. The number of carbonyl (C=O) groups excluding carboxylic acids is 1. The summed E-state index contributed by atoms with van der Waals surface area (Å²) in [5.74, 6) is -1.01. The second-order valence-electron chi connectivity index (χ2n) is 6.39. The summed E-state index contributed by atoms with van der Waals surface area (Å²) in [6, 6.07) is 5.75. The zero-order valence-electron chi connectivity index (χ0n) is 14.1. The molecule has 2 atom stereocenters. The highest BCUT2D eigenvalue weighted by atomic mass is 35.5. The lowest BCUT2D eigenvalue weighted by Crippen LogP contribution is -2.45. The second kappa shape index (κ2) is 7.82. The predicted octanol–water partition coefficient (Wildman–Crippen LogP) is 3.85. The Labute approximate surface area is 158 Å². The second-order valence-corrected chi connectivity index (χ2v) is 6.83. The van der Waals surface area contributed by atoms with Crippen molar-refractivity contribution >= 4 is 17.5 Å². The molecule has 1 amide bonds. The smallest absolute Gasteiger partial charge is 0.391 e. The maximum atomic E-state index is 13.3. The van der Waals surface area contributed by atoms with Gasteiger partial charge in [-0.2, -0.15) is 13.2 Å². The van der Waals surface area contributed by atoms with Crippen molar-refractivity contribution in [1.82, 2.24) is 15.3 Å². The van der Waals surface area contributed by atoms with Crippen LogP contribution in [0.25, 0.3) is 11.3 Å². The Bertz CT molecular complexity index is 845. The SMILES string of the molecule is O=C(N[C@@H]1CCCC[C@H]1O)c1nc(-c2cccc(Cl)c2)cnc1C(F)(F)F. The monoisotopic (exact) mass is 399 g/mol. The fraction of sp³-hybridized carbons (Fsp3) is 0.389. The number of aliphatic hydroxyl groups excluding tert-OH is 1. The molecule has 1 saturated carbocycles. The van der Waals surface area contributed by atoms with Crippen LogP contribution in [0.2, 0.25) is 5.02 Å². The van der Waals surface area contributed by atoms with Crippen LogP contribution >= 0.6 is 11.6 Å². The van der Waals surface area contributed by atoms with Crippen molar-refractivity contribution in [3.63, 3.8) is 0 Å². The van der Waals surface area contributed by atoms with E-state index < -0.39 is 35.6 Å². The van der Waals surface area contributed by atoms with E-state index in [2.05, 4.69) is 15.3 Å². The van der Waals surface area contributed by atoms with Crippen LogP contribution in [0.1, 0.15) is 41.9 Å². The summed E-state index contributed by atoms with van der Waals surface area (Å²) in [5.41, 5.74) is -1.65. The standard InChI is InChI=1S/C18H17ClF3N3O2/c19-11-5-3-4-10(8-11)13-9-23-16(18(20,21)22)15(24-13)17(27)25-12-6-1-2-7-14(12)26/h3-5,8-9,12,14,26H,1-2,6-7H2,(H,25,27)/t12-,14-/m1/s1. The van der Waals surface area contributed by atoms with E-state index in [0.29, 0.717) is 23.4 Å². The van der Waals surface area contributed by atoms with E-state index in [-0.39, 0.29) is 5.69 Å². The van der Waals surface area contributed by atoms with Gasteiger partial charge in [0.1, 0.15) is 0 Å². The maximum Gasteiger partial charge on any atom is 0.435 e. The van der Waals surface area contributed by atoms with Gasteiger partial charge in [0.05, 0.1) is 24.0 Å². The minimum Gasteiger partial charge on any atom is -0.391 e. The van der Waals surface area contributed by atoms with Gasteiger partial charge in [0.25, 0.3) is 5.91 Å². The average molecular weight is 400 g/mol. The molecule has 1 heterocycles. The molecule has 5 nitrogen and oxygen atoms in total. The van der Waals surface area contributed by atoms with Crippen molar-refractivity contribution in [3.8, 4) is 11.3 Å². The molecule has 0 bridgehead atoms. The first-order chi connectivity index (χ1) is 12.8. The van der Waals surface area contributed by atoms with Crippen LogP contribution in [0.5, 0.6) is 0 Å². The molecule has 1 fully saturated rings. The summed E-state index contributed by atoms with van der Waals surface area (Å²) in [7, 11) is 0. The topological polar surface area (TPSA) is 75.1 Å². The Morgan fingerprint density at radius 3 is 2.67 bits per heavy atom. The van der Waals surface area contributed by atoms with Crippen LogP contribution in [0.15, 0.2) is 30.5 Å². The lowest BCUT2D eigenvalue weighted by molar-refractivity contribution is -0.141. The molecule has 9 heteroatoms. The van der Waals surface area contributed by atoms with Crippen molar-refractivity contribution in [2.45, 2.75) is 44.0 Å². The summed E-state index contributed by atoms with van der Waals surface area (Å²) in [5, 5.41) is 12.8. The van der Waals surface area contributed by atoms with E-state index in [1.807, 2.05) is 0 Å². The average Bonchev–Trinajstić information content (AvgIpc) is 2.62. The molecule has 27 heavy (non-hydrogen) atoms. The number of carbonyl (C=O) groups is 1. The van der Waals surface area contributed by atoms with Gasteiger partial charge < -0.3 is 10.4 Å². The fourth-order valence-corrected chi connectivity index (χ4v) is 3.25. The van der Waals surface area contributed by atoms with Crippen LogP contribution in [-0.2, 0) is 6.18 Å². The number of nitrogens with zero attached hydrogens (tertiary/aromatic N) is 2. The van der Waals surface area contributed by atoms with Crippen LogP contribution in [0.3, 0.4) is 0 Å². The van der Waals surface area contributed by atoms with Crippen molar-refractivity contribution in [2.24, 2.45) is 0 Å². The fourth-order valence-electron chi connectivity index (χ4n) is 3.06. The molecule has 3 rings (SSSR count). The van der Waals surface area contributed by atoms with Gasteiger partial charge >= 0.3 is 6.18 Å². The van der Waals surface area contributed by atoms with Crippen molar-refractivity contribution in [1.29, 1.82) is 0 Å². The molecule has 0 saturated heterocycles. The van der Waals surface area contributed by atoms with E-state index in [1.54, 1.807) is 18.2 Å². The molecule has 2 N–H and O–H groups in total. The lowest BCUT2D eigenvalue weighted by Gasteiger charge is -2.28. The van der Waals surface area contributed by atoms with Gasteiger partial charge in [-0.3, -0.25) is 4.79 Å². The number of alkyl halides is 3. The number of rotatable bonds is 3. The lowest BCUT2D eigenvalue weighted by atomic mass is 9.92. The van der Waals surface area contributed by atoms with E-state index in [4.69, 9.17) is 11.6 Å². The maximum absolute atomic E-state index is 13.3. The number of aromatic nitrogens is 2. The molecule has 0 radical (unpaired) electrons. The van der Waals surface area contributed by atoms with E-state index in [0.717, 1.165) is 19.0 Å². The van der Waals surface area contributed by atoms with Crippen molar-refractivity contribution in [2.75, 3.05) is 0 Å². The summed E-state index contributed by atoms with van der Waals surface area (Å²) >= 11 is 5.91. The minimum absolute atomic E-state index is 0.0971. The third-order valence-electron chi connectivity index (χ3n) is 4.42. The zero-order chi connectivity index (χ0) is 19.6. The third kappa shape index (κ3) is 4.56. The molecule has 1 aromatic carbocycles. The Hall–Kier alpha value is -2.19. The Kier molecular flexibility index (Phi) is 5.67. The molecule has 1 aliphatic carbocycles. The van der Waals surface area contributed by atoms with Gasteiger partial charge in [-0.25, -0.2) is 9.97 Å². The molecular weight excluding hydrogens is 383 g/mol. The quantitative estimate of drug-likeness (QED) is 0.822. The number of amides is 1. The summed E-state index contributed by atoms with van der Waals surface area (Å²) in [6.07, 6.45) is -2.09. The molecule has 1 aliphatic rings. The molecule has 2 aromatic rings. The third-order valence-corrected chi connectivity index (χ3v) is 4.66. The molecule has 0 unspecified atom stereocenters. The van der Waals surface area contributed by atoms with Crippen LogP contribution in [0, 0.1) is 0 Å². The Morgan fingerprint density at radius 2 is 2.00 bits per heavy atom. The van der Waals surface area contributed by atoms with Gasteiger partial charge in [0.2, 0.25) is 0 Å². The Balaban J connectivity index is 1.97.